The van der Waals surface area contributed by atoms with Crippen LogP contribution >= 0.6 is 11.3 Å². The van der Waals surface area contributed by atoms with Crippen molar-refractivity contribution in [1.29, 1.82) is 0 Å². The number of nitrogens with zero attached hydrogens (tertiary/aromatic N) is 2. The third kappa shape index (κ3) is 5.11. The second-order valence-corrected chi connectivity index (χ2v) is 5.71. The predicted octanol–water partition coefficient (Wildman–Crippen LogP) is 3.07. The first-order valence-electron chi connectivity index (χ1n) is 6.72. The molecule has 25 heavy (non-hydrogen) atoms. The Morgan fingerprint density at radius 1 is 1.28 bits per heavy atom. The van der Waals surface area contributed by atoms with Crippen molar-refractivity contribution in [3.8, 4) is 0 Å². The summed E-state index contributed by atoms with van der Waals surface area (Å²) in [7, 11) is 1.28. The predicted molar refractivity (Wildman–Crippen MR) is 82.3 cm³/mol. The summed E-state index contributed by atoms with van der Waals surface area (Å²) in [6.45, 7) is 0. The topological polar surface area (TPSA) is 77.8 Å². The third-order valence-electron chi connectivity index (χ3n) is 2.87. The van der Waals surface area contributed by atoms with Crippen molar-refractivity contribution in [3.05, 3.63) is 51.5 Å². The van der Waals surface area contributed by atoms with Gasteiger partial charge in [-0.2, -0.15) is 13.2 Å². The van der Waals surface area contributed by atoms with Gasteiger partial charge in [-0.3, -0.25) is 9.59 Å². The van der Waals surface area contributed by atoms with Crippen LogP contribution in [0.4, 0.5) is 13.2 Å². The zero-order valence-electron chi connectivity index (χ0n) is 12.7. The van der Waals surface area contributed by atoms with Gasteiger partial charge >= 0.3 is 12.1 Å². The Labute approximate surface area is 143 Å². The lowest BCUT2D eigenvalue weighted by molar-refractivity contribution is -0.137. The number of hydrogen-bond acceptors (Lipinski definition) is 7. The number of thiazole rings is 1. The van der Waals surface area contributed by atoms with E-state index in [1.54, 1.807) is 0 Å². The summed E-state index contributed by atoms with van der Waals surface area (Å²) < 4.78 is 42.2. The summed E-state index contributed by atoms with van der Waals surface area (Å²) in [4.78, 5) is 32.4. The molecule has 0 aliphatic rings. The Hall–Kier alpha value is -2.75. The lowest BCUT2D eigenvalue weighted by atomic mass is 10.1. The smallest absolute Gasteiger partial charge is 0.411 e. The zero-order valence-corrected chi connectivity index (χ0v) is 13.6. The van der Waals surface area contributed by atoms with Crippen LogP contribution in [0.15, 0.2) is 35.6 Å². The number of ketones is 1. The van der Waals surface area contributed by atoms with Crippen LogP contribution < -0.4 is 0 Å². The lowest BCUT2D eigenvalue weighted by Gasteiger charge is -2.06. The van der Waals surface area contributed by atoms with Crippen molar-refractivity contribution in [2.75, 3.05) is 7.11 Å². The quantitative estimate of drug-likeness (QED) is 0.256. The van der Waals surface area contributed by atoms with Crippen LogP contribution in [-0.4, -0.2) is 30.2 Å². The van der Waals surface area contributed by atoms with Crippen LogP contribution in [0.2, 0.25) is 0 Å². The molecule has 132 valence electrons. The molecular formula is C15H11F3N2O4S. The van der Waals surface area contributed by atoms with E-state index in [-0.39, 0.29) is 17.0 Å². The summed E-state index contributed by atoms with van der Waals surface area (Å²) in [6.07, 6.45) is -2.44. The van der Waals surface area contributed by atoms with Crippen LogP contribution in [0.5, 0.6) is 0 Å². The molecule has 0 spiro atoms. The highest BCUT2D eigenvalue weighted by Crippen LogP contribution is 2.29. The molecule has 0 bridgehead atoms. The van der Waals surface area contributed by atoms with E-state index in [4.69, 9.17) is 0 Å². The minimum atomic E-state index is -4.47. The van der Waals surface area contributed by atoms with Gasteiger partial charge < -0.3 is 9.57 Å². The van der Waals surface area contributed by atoms with Gasteiger partial charge in [-0.1, -0.05) is 17.3 Å². The molecule has 0 saturated heterocycles. The van der Waals surface area contributed by atoms with E-state index in [0.29, 0.717) is 4.88 Å². The first kappa shape index (κ1) is 18.6. The van der Waals surface area contributed by atoms with E-state index in [2.05, 4.69) is 19.7 Å². The van der Waals surface area contributed by atoms with Gasteiger partial charge in [0.1, 0.15) is 7.11 Å². The van der Waals surface area contributed by atoms with Crippen molar-refractivity contribution in [2.45, 2.75) is 12.6 Å². The number of ether oxygens (including phenoxy) is 1. The van der Waals surface area contributed by atoms with Gasteiger partial charge in [-0.15, -0.1) is 11.3 Å². The van der Waals surface area contributed by atoms with E-state index in [1.807, 2.05) is 0 Å². The second kappa shape index (κ2) is 7.88. The number of alkyl halides is 3. The number of benzene rings is 1. The van der Waals surface area contributed by atoms with Gasteiger partial charge in [0.05, 0.1) is 12.0 Å². The second-order valence-electron chi connectivity index (χ2n) is 4.60. The maximum atomic E-state index is 12.5. The van der Waals surface area contributed by atoms with Gasteiger partial charge in [0.15, 0.2) is 5.01 Å². The minimum Gasteiger partial charge on any atom is -0.411 e. The highest BCUT2D eigenvalue weighted by molar-refractivity contribution is 7.13. The Morgan fingerprint density at radius 2 is 1.96 bits per heavy atom. The fraction of sp³-hybridized carbons (Fsp3) is 0.200. The summed E-state index contributed by atoms with van der Waals surface area (Å²) >= 11 is 0.954. The van der Waals surface area contributed by atoms with Crippen LogP contribution in [0, 0.1) is 0 Å². The number of oxime groups is 1. The number of carbonyl (C=O) groups excluding carboxylic acids is 2. The molecule has 1 aromatic carbocycles. The van der Waals surface area contributed by atoms with Gasteiger partial charge in [0.25, 0.3) is 0 Å². The summed E-state index contributed by atoms with van der Waals surface area (Å²) in [6, 6.07) is 3.83. The average molecular weight is 372 g/mol. The van der Waals surface area contributed by atoms with Crippen LogP contribution in [0.25, 0.3) is 0 Å². The van der Waals surface area contributed by atoms with Crippen LogP contribution in [-0.2, 0) is 27.0 Å². The molecule has 0 saturated carbocycles. The Balaban J connectivity index is 2.05. The van der Waals surface area contributed by atoms with Crippen molar-refractivity contribution in [2.24, 2.45) is 5.16 Å². The van der Waals surface area contributed by atoms with E-state index in [9.17, 15) is 22.8 Å². The lowest BCUT2D eigenvalue weighted by Crippen LogP contribution is -2.06. The van der Waals surface area contributed by atoms with E-state index in [0.717, 1.165) is 42.0 Å². The van der Waals surface area contributed by atoms with E-state index < -0.39 is 23.5 Å². The summed E-state index contributed by atoms with van der Waals surface area (Å²) in [5.74, 6) is -1.16. The summed E-state index contributed by atoms with van der Waals surface area (Å²) in [5.41, 5.74) is -0.770. The SMILES string of the molecule is CON=COC(=O)Cc1cnc(C(=O)c2ccc(C(F)(F)F)cc2)s1. The molecule has 0 N–H and O–H groups in total. The molecule has 10 heteroatoms. The zero-order chi connectivity index (χ0) is 18.4. The molecule has 0 unspecified atom stereocenters. The molecule has 6 nitrogen and oxygen atoms in total. The number of rotatable bonds is 6. The standard InChI is InChI=1S/C15H11F3N2O4S/c1-23-20-8-24-12(21)6-11-7-19-14(25-11)13(22)9-2-4-10(5-3-9)15(16,17)18/h2-5,7-8H,6H2,1H3. The highest BCUT2D eigenvalue weighted by atomic mass is 32.1. The maximum absolute atomic E-state index is 12.5. The van der Waals surface area contributed by atoms with Crippen molar-refractivity contribution < 1.29 is 32.3 Å². The van der Waals surface area contributed by atoms with E-state index in [1.165, 1.54) is 13.3 Å². The fourth-order valence-electron chi connectivity index (χ4n) is 1.74. The molecule has 0 aliphatic carbocycles. The molecule has 1 aromatic heterocycles. The Bertz CT molecular complexity index is 785. The molecule has 2 aromatic rings. The number of hydrogen-bond donors (Lipinski definition) is 0. The average Bonchev–Trinajstić information content (AvgIpc) is 3.02. The van der Waals surface area contributed by atoms with Crippen LogP contribution in [0.3, 0.4) is 0 Å². The molecule has 0 aliphatic heterocycles. The molecule has 0 radical (unpaired) electrons. The first-order chi connectivity index (χ1) is 11.8. The van der Waals surface area contributed by atoms with E-state index >= 15 is 0 Å². The number of aromatic nitrogens is 1. The Kier molecular flexibility index (Phi) is 5.86. The molecule has 0 amide bonds. The van der Waals surface area contributed by atoms with Gasteiger partial charge in [0, 0.05) is 16.6 Å². The van der Waals surface area contributed by atoms with Gasteiger partial charge in [-0.05, 0) is 12.1 Å². The number of carbonyl (C=O) groups is 2. The molecule has 0 atom stereocenters. The molecular weight excluding hydrogens is 361 g/mol. The minimum absolute atomic E-state index is 0.0631. The van der Waals surface area contributed by atoms with Crippen molar-refractivity contribution in [3.63, 3.8) is 0 Å². The first-order valence-corrected chi connectivity index (χ1v) is 7.54. The largest absolute Gasteiger partial charge is 0.416 e. The van der Waals surface area contributed by atoms with Crippen molar-refractivity contribution >= 4 is 29.5 Å². The van der Waals surface area contributed by atoms with Gasteiger partial charge in [-0.25, -0.2) is 4.98 Å². The normalized spacial score (nSPS) is 11.5. The summed E-state index contributed by atoms with van der Waals surface area (Å²) in [5, 5.41) is 3.30. The molecule has 0 fully saturated rings. The highest BCUT2D eigenvalue weighted by Gasteiger charge is 2.30. The van der Waals surface area contributed by atoms with Crippen molar-refractivity contribution in [1.82, 2.24) is 4.98 Å². The third-order valence-corrected chi connectivity index (χ3v) is 3.87. The van der Waals surface area contributed by atoms with Crippen LogP contribution in [0.1, 0.15) is 25.8 Å². The number of halogens is 3. The molecule has 2 rings (SSSR count). The number of esters is 1. The molecule has 1 heterocycles. The monoisotopic (exact) mass is 372 g/mol. The maximum Gasteiger partial charge on any atom is 0.416 e. The Morgan fingerprint density at radius 3 is 2.56 bits per heavy atom. The fourth-order valence-corrected chi connectivity index (χ4v) is 2.60. The van der Waals surface area contributed by atoms with Gasteiger partial charge in [0.2, 0.25) is 12.2 Å².